The van der Waals surface area contributed by atoms with Gasteiger partial charge < -0.3 is 14.6 Å². The minimum atomic E-state index is -1.80. The number of urea groups is 1. The summed E-state index contributed by atoms with van der Waals surface area (Å²) >= 11 is 6.19. The first kappa shape index (κ1) is 16.8. The second-order valence-corrected chi connectivity index (χ2v) is 7.30. The summed E-state index contributed by atoms with van der Waals surface area (Å²) in [5, 5.41) is 5.05. The number of benzene rings is 1. The predicted molar refractivity (Wildman–Crippen MR) is 101 cm³/mol. The van der Waals surface area contributed by atoms with Crippen molar-refractivity contribution < 1.29 is 14.4 Å². The summed E-state index contributed by atoms with van der Waals surface area (Å²) in [6.45, 7) is 1.96. The number of carbonyl (C=O) groups is 3. The van der Waals surface area contributed by atoms with Crippen molar-refractivity contribution in [1.82, 2.24) is 20.0 Å². The van der Waals surface area contributed by atoms with Crippen molar-refractivity contribution in [3.05, 3.63) is 64.6 Å². The van der Waals surface area contributed by atoms with Gasteiger partial charge in [-0.2, -0.15) is 0 Å². The Balaban J connectivity index is 1.66. The lowest BCUT2D eigenvalue weighted by Gasteiger charge is -2.20. The standard InChI is InChI=1S/C19H14ClN5O3/c1-10-6-11(20)7-13-15(10)25(17(27)19(13)16(26)22-18(28)23-19)9-12-8-24-5-3-2-4-14(24)21-12/h2-8H,9H2,1H3,(H2,22,23,26,28). The maximum atomic E-state index is 13.4. The number of imide groups is 1. The molecule has 2 aliphatic heterocycles. The van der Waals surface area contributed by atoms with Crippen LogP contribution in [0, 0.1) is 6.92 Å². The van der Waals surface area contributed by atoms with Gasteiger partial charge in [-0.3, -0.25) is 14.9 Å². The highest BCUT2D eigenvalue weighted by atomic mass is 35.5. The summed E-state index contributed by atoms with van der Waals surface area (Å²) in [5.74, 6) is -1.24. The molecule has 1 spiro atoms. The van der Waals surface area contributed by atoms with Gasteiger partial charge in [0, 0.05) is 23.0 Å². The van der Waals surface area contributed by atoms with Crippen LogP contribution in [0.3, 0.4) is 0 Å². The Labute approximate surface area is 164 Å². The molecule has 3 aromatic rings. The molecule has 1 unspecified atom stereocenters. The van der Waals surface area contributed by atoms with E-state index in [4.69, 9.17) is 11.6 Å². The Morgan fingerprint density at radius 1 is 1.21 bits per heavy atom. The summed E-state index contributed by atoms with van der Waals surface area (Å²) in [6.07, 6.45) is 3.69. The van der Waals surface area contributed by atoms with Crippen LogP contribution in [0.15, 0.2) is 42.7 Å². The van der Waals surface area contributed by atoms with E-state index in [0.29, 0.717) is 22.0 Å². The fraction of sp³-hybridized carbons (Fsp3) is 0.158. The molecule has 4 amide bonds. The number of nitrogens with one attached hydrogen (secondary N) is 2. The van der Waals surface area contributed by atoms with E-state index in [1.807, 2.05) is 41.9 Å². The van der Waals surface area contributed by atoms with Crippen LogP contribution in [-0.2, 0) is 21.7 Å². The van der Waals surface area contributed by atoms with Crippen molar-refractivity contribution in [3.63, 3.8) is 0 Å². The third kappa shape index (κ3) is 2.12. The molecule has 0 bridgehead atoms. The smallest absolute Gasteiger partial charge is 0.312 e. The first-order valence-electron chi connectivity index (χ1n) is 8.59. The van der Waals surface area contributed by atoms with Crippen LogP contribution in [-0.4, -0.2) is 27.2 Å². The van der Waals surface area contributed by atoms with Crippen LogP contribution in [0.4, 0.5) is 10.5 Å². The van der Waals surface area contributed by atoms with E-state index in [1.165, 1.54) is 4.90 Å². The number of amides is 4. The molecule has 2 aliphatic rings. The average molecular weight is 396 g/mol. The number of hydrogen-bond donors (Lipinski definition) is 2. The molecule has 8 nitrogen and oxygen atoms in total. The quantitative estimate of drug-likeness (QED) is 0.511. The summed E-state index contributed by atoms with van der Waals surface area (Å²) in [6, 6.07) is 8.18. The number of nitrogens with zero attached hydrogens (tertiary/aromatic N) is 3. The largest absolute Gasteiger partial charge is 0.323 e. The number of aromatic nitrogens is 2. The Morgan fingerprint density at radius 2 is 2.04 bits per heavy atom. The van der Waals surface area contributed by atoms with E-state index >= 15 is 0 Å². The predicted octanol–water partition coefficient (Wildman–Crippen LogP) is 1.88. The normalized spacial score (nSPS) is 20.8. The van der Waals surface area contributed by atoms with Gasteiger partial charge in [0.2, 0.25) is 5.54 Å². The number of carbonyl (C=O) groups excluding carboxylic acids is 3. The number of fused-ring (bicyclic) bond motifs is 3. The van der Waals surface area contributed by atoms with Crippen LogP contribution in [0.5, 0.6) is 0 Å². The highest BCUT2D eigenvalue weighted by Crippen LogP contribution is 2.45. The zero-order chi connectivity index (χ0) is 19.6. The molecule has 2 aromatic heterocycles. The van der Waals surface area contributed by atoms with Gasteiger partial charge in [-0.25, -0.2) is 9.78 Å². The van der Waals surface area contributed by atoms with Gasteiger partial charge in [0.05, 0.1) is 17.9 Å². The molecule has 4 heterocycles. The molecular weight excluding hydrogens is 382 g/mol. The lowest BCUT2D eigenvalue weighted by atomic mass is 9.90. The number of rotatable bonds is 2. The van der Waals surface area contributed by atoms with Gasteiger partial charge in [0.1, 0.15) is 5.65 Å². The first-order chi connectivity index (χ1) is 13.4. The van der Waals surface area contributed by atoms with Crippen molar-refractivity contribution in [2.75, 3.05) is 4.90 Å². The number of aryl methyl sites for hydroxylation is 1. The maximum absolute atomic E-state index is 13.4. The third-order valence-corrected chi connectivity index (χ3v) is 5.33. The first-order valence-corrected chi connectivity index (χ1v) is 8.97. The molecule has 28 heavy (non-hydrogen) atoms. The topological polar surface area (TPSA) is 95.8 Å². The molecule has 140 valence electrons. The fourth-order valence-corrected chi connectivity index (χ4v) is 4.24. The van der Waals surface area contributed by atoms with Crippen LogP contribution in [0.2, 0.25) is 5.02 Å². The van der Waals surface area contributed by atoms with Gasteiger partial charge in [-0.05, 0) is 36.8 Å². The number of pyridine rings is 1. The molecule has 1 fully saturated rings. The zero-order valence-corrected chi connectivity index (χ0v) is 15.4. The van der Waals surface area contributed by atoms with Crippen molar-refractivity contribution in [2.45, 2.75) is 19.0 Å². The van der Waals surface area contributed by atoms with Crippen molar-refractivity contribution in [1.29, 1.82) is 0 Å². The third-order valence-electron chi connectivity index (χ3n) is 5.11. The van der Waals surface area contributed by atoms with Gasteiger partial charge in [-0.15, -0.1) is 0 Å². The highest BCUT2D eigenvalue weighted by Gasteiger charge is 2.61. The van der Waals surface area contributed by atoms with E-state index in [-0.39, 0.29) is 6.54 Å². The van der Waals surface area contributed by atoms with Gasteiger partial charge in [-0.1, -0.05) is 17.7 Å². The van der Waals surface area contributed by atoms with E-state index in [1.54, 1.807) is 12.1 Å². The highest BCUT2D eigenvalue weighted by molar-refractivity contribution is 6.32. The Morgan fingerprint density at radius 3 is 2.75 bits per heavy atom. The molecule has 1 aromatic carbocycles. The Bertz CT molecular complexity index is 1170. The van der Waals surface area contributed by atoms with Crippen LogP contribution in [0.1, 0.15) is 16.8 Å². The van der Waals surface area contributed by atoms with E-state index in [2.05, 4.69) is 15.6 Å². The number of anilines is 1. The Hall–Kier alpha value is -3.39. The molecule has 0 saturated carbocycles. The minimum Gasteiger partial charge on any atom is -0.312 e. The van der Waals surface area contributed by atoms with Crippen LogP contribution >= 0.6 is 11.6 Å². The lowest BCUT2D eigenvalue weighted by Crippen LogP contribution is -2.52. The van der Waals surface area contributed by atoms with E-state index in [0.717, 1.165) is 11.2 Å². The number of halogens is 1. The maximum Gasteiger partial charge on any atom is 0.323 e. The fourth-order valence-electron chi connectivity index (χ4n) is 3.97. The summed E-state index contributed by atoms with van der Waals surface area (Å²) in [5.41, 5.74) is 1.26. The van der Waals surface area contributed by atoms with E-state index in [9.17, 15) is 14.4 Å². The molecule has 5 rings (SSSR count). The van der Waals surface area contributed by atoms with Crippen LogP contribution in [0.25, 0.3) is 5.65 Å². The molecule has 9 heteroatoms. The molecule has 0 aliphatic carbocycles. The van der Waals surface area contributed by atoms with Crippen molar-refractivity contribution in [2.24, 2.45) is 0 Å². The van der Waals surface area contributed by atoms with E-state index < -0.39 is 23.4 Å². The summed E-state index contributed by atoms with van der Waals surface area (Å²) < 4.78 is 1.85. The summed E-state index contributed by atoms with van der Waals surface area (Å²) in [4.78, 5) is 43.9. The molecule has 1 atom stereocenters. The van der Waals surface area contributed by atoms with Crippen LogP contribution < -0.4 is 15.5 Å². The lowest BCUT2D eigenvalue weighted by molar-refractivity contribution is -0.134. The molecule has 0 radical (unpaired) electrons. The van der Waals surface area contributed by atoms with Gasteiger partial charge >= 0.3 is 6.03 Å². The Kier molecular flexibility index (Phi) is 3.33. The average Bonchev–Trinajstić information content (AvgIpc) is 3.25. The monoisotopic (exact) mass is 395 g/mol. The van der Waals surface area contributed by atoms with Crippen molar-refractivity contribution >= 4 is 40.8 Å². The van der Waals surface area contributed by atoms with Crippen molar-refractivity contribution in [3.8, 4) is 0 Å². The molecular formula is C19H14ClN5O3. The number of imidazole rings is 1. The second-order valence-electron chi connectivity index (χ2n) is 6.87. The number of hydrogen-bond acceptors (Lipinski definition) is 4. The second kappa shape index (κ2) is 5.56. The SMILES string of the molecule is Cc1cc(Cl)cc2c1N(Cc1cn3ccccc3n1)C(=O)C21NC(=O)NC1=O. The zero-order valence-electron chi connectivity index (χ0n) is 14.7. The minimum absolute atomic E-state index is 0.154. The van der Waals surface area contributed by atoms with Gasteiger partial charge in [0.15, 0.2) is 0 Å². The summed E-state index contributed by atoms with van der Waals surface area (Å²) in [7, 11) is 0. The van der Waals surface area contributed by atoms with Gasteiger partial charge in [0.25, 0.3) is 11.8 Å². The molecule has 1 saturated heterocycles. The molecule has 2 N–H and O–H groups in total.